The minimum atomic E-state index is -0.524. The zero-order valence-corrected chi connectivity index (χ0v) is 17.0. The molecule has 2 aromatic carbocycles. The van der Waals surface area contributed by atoms with Crippen molar-refractivity contribution in [3.8, 4) is 6.07 Å². The lowest BCUT2D eigenvalue weighted by molar-refractivity contribution is -0.117. The van der Waals surface area contributed by atoms with E-state index in [1.54, 1.807) is 55.6 Å². The number of aliphatic imine (C=N–C) groups is 1. The number of amides is 2. The molecule has 0 spiro atoms. The lowest BCUT2D eigenvalue weighted by Gasteiger charge is -2.06. The van der Waals surface area contributed by atoms with Gasteiger partial charge in [-0.1, -0.05) is 41.9 Å². The molecule has 1 aliphatic rings. The van der Waals surface area contributed by atoms with Gasteiger partial charge in [0.1, 0.15) is 17.5 Å². The molecule has 8 heteroatoms. The number of benzene rings is 2. The van der Waals surface area contributed by atoms with E-state index in [1.807, 2.05) is 6.07 Å². The van der Waals surface area contributed by atoms with Crippen LogP contribution in [0.15, 0.2) is 59.1 Å². The molecule has 3 rings (SSSR count). The van der Waals surface area contributed by atoms with Crippen molar-refractivity contribution in [3.63, 3.8) is 0 Å². The van der Waals surface area contributed by atoms with Crippen LogP contribution in [0.25, 0.3) is 5.70 Å². The Labute approximate surface area is 179 Å². The summed E-state index contributed by atoms with van der Waals surface area (Å²) in [6, 6.07) is 15.6. The first-order chi connectivity index (χ1) is 14.5. The summed E-state index contributed by atoms with van der Waals surface area (Å²) < 4.78 is 4.95. The molecule has 1 heterocycles. The third kappa shape index (κ3) is 4.74. The van der Waals surface area contributed by atoms with Gasteiger partial charge in [0.25, 0.3) is 11.8 Å². The minimum Gasteiger partial charge on any atom is -0.385 e. The quantitative estimate of drug-likeness (QED) is 0.424. The van der Waals surface area contributed by atoms with Crippen molar-refractivity contribution in [2.24, 2.45) is 4.99 Å². The maximum absolute atomic E-state index is 12.6. The number of rotatable bonds is 6. The molecule has 0 unspecified atom stereocenters. The topological polar surface area (TPSA) is 104 Å². The van der Waals surface area contributed by atoms with Crippen LogP contribution in [0.3, 0.4) is 0 Å². The molecule has 2 amide bonds. The zero-order valence-electron chi connectivity index (χ0n) is 16.2. The number of ether oxygens (including phenoxy) is 1. The number of halogens is 1. The van der Waals surface area contributed by atoms with Crippen molar-refractivity contribution in [1.29, 1.82) is 5.26 Å². The fourth-order valence-electron chi connectivity index (χ4n) is 2.94. The Hall–Kier alpha value is -3.47. The molecule has 0 bridgehead atoms. The molecule has 0 atom stereocenters. The molecular formula is C22H19ClN4O3. The number of amidine groups is 1. The summed E-state index contributed by atoms with van der Waals surface area (Å²) in [5, 5.41) is 15.5. The Morgan fingerprint density at radius 2 is 1.93 bits per heavy atom. The molecule has 1 aliphatic heterocycles. The molecule has 2 N–H and O–H groups in total. The van der Waals surface area contributed by atoms with Gasteiger partial charge >= 0.3 is 0 Å². The van der Waals surface area contributed by atoms with E-state index >= 15 is 0 Å². The van der Waals surface area contributed by atoms with Gasteiger partial charge in [-0.25, -0.2) is 4.99 Å². The van der Waals surface area contributed by atoms with Gasteiger partial charge in [0.05, 0.1) is 5.70 Å². The molecule has 152 valence electrons. The van der Waals surface area contributed by atoms with E-state index in [1.165, 1.54) is 0 Å². The van der Waals surface area contributed by atoms with E-state index in [0.29, 0.717) is 41.3 Å². The van der Waals surface area contributed by atoms with Crippen LogP contribution in [0.2, 0.25) is 5.02 Å². The third-order valence-electron chi connectivity index (χ3n) is 4.37. The summed E-state index contributed by atoms with van der Waals surface area (Å²) in [5.74, 6) is -0.648. The van der Waals surface area contributed by atoms with Crippen LogP contribution in [0, 0.1) is 11.3 Å². The van der Waals surface area contributed by atoms with Crippen LogP contribution in [0.1, 0.15) is 27.9 Å². The molecule has 0 aromatic heterocycles. The smallest absolute Gasteiger partial charge is 0.264 e. The van der Waals surface area contributed by atoms with E-state index in [0.717, 1.165) is 0 Å². The van der Waals surface area contributed by atoms with Crippen LogP contribution in [0.5, 0.6) is 0 Å². The van der Waals surface area contributed by atoms with Gasteiger partial charge in [0, 0.05) is 42.0 Å². The van der Waals surface area contributed by atoms with E-state index in [-0.39, 0.29) is 17.1 Å². The van der Waals surface area contributed by atoms with Gasteiger partial charge in [-0.15, -0.1) is 0 Å². The largest absolute Gasteiger partial charge is 0.385 e. The summed E-state index contributed by atoms with van der Waals surface area (Å²) in [6.45, 7) is 0.869. The first-order valence-electron chi connectivity index (χ1n) is 9.22. The monoisotopic (exact) mass is 422 g/mol. The molecule has 30 heavy (non-hydrogen) atoms. The second kappa shape index (κ2) is 9.83. The number of carbonyl (C=O) groups excluding carboxylic acids is 2. The fourth-order valence-corrected chi connectivity index (χ4v) is 3.13. The fraction of sp³-hybridized carbons (Fsp3) is 0.182. The summed E-state index contributed by atoms with van der Waals surface area (Å²) in [7, 11) is 1.58. The van der Waals surface area contributed by atoms with E-state index < -0.39 is 11.8 Å². The Bertz CT molecular complexity index is 1090. The van der Waals surface area contributed by atoms with E-state index in [2.05, 4.69) is 15.6 Å². The third-order valence-corrected chi connectivity index (χ3v) is 4.60. The van der Waals surface area contributed by atoms with Crippen LogP contribution in [-0.4, -0.2) is 37.9 Å². The summed E-state index contributed by atoms with van der Waals surface area (Å²) in [6.07, 6.45) is 0.622. The van der Waals surface area contributed by atoms with E-state index in [9.17, 15) is 14.9 Å². The van der Waals surface area contributed by atoms with Crippen molar-refractivity contribution in [2.75, 3.05) is 20.3 Å². The summed E-state index contributed by atoms with van der Waals surface area (Å²) in [4.78, 5) is 29.5. The van der Waals surface area contributed by atoms with Crippen LogP contribution in [0.4, 0.5) is 0 Å². The van der Waals surface area contributed by atoms with Crippen molar-refractivity contribution in [3.05, 3.63) is 75.8 Å². The molecule has 0 saturated carbocycles. The number of nitrogens with one attached hydrogen (secondary N) is 2. The van der Waals surface area contributed by atoms with Crippen molar-refractivity contribution >= 4 is 34.9 Å². The molecular weight excluding hydrogens is 404 g/mol. The lowest BCUT2D eigenvalue weighted by atomic mass is 10.0. The maximum atomic E-state index is 12.6. The summed E-state index contributed by atoms with van der Waals surface area (Å²) >= 11 is 5.96. The van der Waals surface area contributed by atoms with Gasteiger partial charge < -0.3 is 15.4 Å². The maximum Gasteiger partial charge on any atom is 0.264 e. The number of carbonyl (C=O) groups is 2. The van der Waals surface area contributed by atoms with Gasteiger partial charge in [0.15, 0.2) is 0 Å². The summed E-state index contributed by atoms with van der Waals surface area (Å²) in [5.41, 5.74) is 1.70. The zero-order chi connectivity index (χ0) is 21.5. The normalized spacial score (nSPS) is 13.7. The van der Waals surface area contributed by atoms with E-state index in [4.69, 9.17) is 16.3 Å². The van der Waals surface area contributed by atoms with Gasteiger partial charge in [0.2, 0.25) is 0 Å². The Morgan fingerprint density at radius 1 is 1.17 bits per heavy atom. The van der Waals surface area contributed by atoms with Crippen molar-refractivity contribution in [2.45, 2.75) is 6.42 Å². The average Bonchev–Trinajstić information content (AvgIpc) is 3.10. The van der Waals surface area contributed by atoms with Gasteiger partial charge in [-0.05, 0) is 24.6 Å². The Balaban J connectivity index is 1.91. The van der Waals surface area contributed by atoms with Gasteiger partial charge in [-0.2, -0.15) is 5.26 Å². The lowest BCUT2D eigenvalue weighted by Crippen LogP contribution is -2.30. The number of methoxy groups -OCH3 is 1. The first-order valence-corrected chi connectivity index (χ1v) is 9.60. The van der Waals surface area contributed by atoms with Crippen LogP contribution in [-0.2, 0) is 9.53 Å². The first kappa shape index (κ1) is 21.2. The molecule has 0 saturated heterocycles. The molecule has 7 nitrogen and oxygen atoms in total. The highest BCUT2D eigenvalue weighted by Gasteiger charge is 2.27. The van der Waals surface area contributed by atoms with Crippen molar-refractivity contribution in [1.82, 2.24) is 10.6 Å². The Morgan fingerprint density at radius 3 is 2.63 bits per heavy atom. The number of nitrogens with zero attached hydrogens (tertiary/aromatic N) is 2. The van der Waals surface area contributed by atoms with Crippen molar-refractivity contribution < 1.29 is 14.3 Å². The van der Waals surface area contributed by atoms with Gasteiger partial charge in [-0.3, -0.25) is 9.59 Å². The highest BCUT2D eigenvalue weighted by Crippen LogP contribution is 2.30. The number of nitriles is 1. The number of hydrogen-bond donors (Lipinski definition) is 2. The number of fused-ring (bicyclic) bond motifs is 1. The predicted octanol–water partition coefficient (Wildman–Crippen LogP) is 2.92. The Kier molecular flexibility index (Phi) is 6.96. The SMILES string of the molecule is COCCCNC(=O)/C(C#N)=C1\N=C(NC(=O)c2cccc(Cl)c2)c2ccccc21. The highest BCUT2D eigenvalue weighted by molar-refractivity contribution is 6.31. The molecule has 0 fully saturated rings. The second-order valence-corrected chi connectivity index (χ2v) is 6.84. The average molecular weight is 423 g/mol. The number of hydrogen-bond acceptors (Lipinski definition) is 5. The van der Waals surface area contributed by atoms with Crippen LogP contribution >= 0.6 is 11.6 Å². The van der Waals surface area contributed by atoms with Crippen LogP contribution < -0.4 is 10.6 Å². The molecule has 2 aromatic rings. The second-order valence-electron chi connectivity index (χ2n) is 6.41. The standard InChI is InChI=1S/C22H19ClN4O3/c1-30-11-5-10-25-22(29)18(13-24)19-16-8-2-3-9-17(16)20(26-19)27-21(28)14-6-4-7-15(23)12-14/h2-4,6-9,12H,5,10-11H2,1H3,(H,25,29)(H,26,27,28)/b19-18-. The minimum absolute atomic E-state index is 0.119. The highest BCUT2D eigenvalue weighted by atomic mass is 35.5. The predicted molar refractivity (Wildman–Crippen MR) is 114 cm³/mol. The molecule has 0 radical (unpaired) electrons. The molecule has 0 aliphatic carbocycles.